The first-order valence-corrected chi connectivity index (χ1v) is 3.45. The second-order valence-electron chi connectivity index (χ2n) is 2.47. The van der Waals surface area contributed by atoms with Gasteiger partial charge in [0, 0.05) is 6.07 Å². The molecule has 14 heavy (non-hydrogen) atoms. The fourth-order valence-corrected chi connectivity index (χ4v) is 0.942. The zero-order valence-electron chi connectivity index (χ0n) is 6.52. The molecule has 2 rings (SSSR count). The van der Waals surface area contributed by atoms with Gasteiger partial charge in [-0.2, -0.15) is 27.8 Å². The van der Waals surface area contributed by atoms with Crippen LogP contribution in [0.3, 0.4) is 0 Å². The number of hydrogen-bond acceptors (Lipinski definition) is 4. The standard InChI is InChI=1S/C6H3F3N4O/c7-6(8,9)3-1-4(14)13-5(12-3)10-2-11-13/h1-2,14H. The SMILES string of the molecule is Oc1cc(C(F)(F)F)nc2ncnn12. The molecule has 0 aliphatic heterocycles. The molecule has 0 saturated carbocycles. The van der Waals surface area contributed by atoms with E-state index in [1.165, 1.54) is 0 Å². The van der Waals surface area contributed by atoms with Gasteiger partial charge in [0.1, 0.15) is 6.33 Å². The topological polar surface area (TPSA) is 63.3 Å². The largest absolute Gasteiger partial charge is 0.493 e. The van der Waals surface area contributed by atoms with Crippen LogP contribution in [0.5, 0.6) is 5.88 Å². The molecule has 0 radical (unpaired) electrons. The molecule has 2 aromatic heterocycles. The molecule has 74 valence electrons. The third-order valence-corrected chi connectivity index (χ3v) is 1.52. The highest BCUT2D eigenvalue weighted by atomic mass is 19.4. The van der Waals surface area contributed by atoms with Crippen molar-refractivity contribution in [2.24, 2.45) is 0 Å². The maximum atomic E-state index is 12.2. The zero-order valence-corrected chi connectivity index (χ0v) is 6.52. The highest BCUT2D eigenvalue weighted by Gasteiger charge is 2.34. The molecule has 2 aromatic rings. The number of alkyl halides is 3. The minimum absolute atomic E-state index is 0.294. The average Bonchev–Trinajstić information content (AvgIpc) is 2.50. The highest BCUT2D eigenvalue weighted by molar-refractivity contribution is 5.33. The van der Waals surface area contributed by atoms with Crippen LogP contribution in [0.15, 0.2) is 12.4 Å². The Morgan fingerprint density at radius 3 is 2.71 bits per heavy atom. The van der Waals surface area contributed by atoms with Crippen LogP contribution in [-0.2, 0) is 6.18 Å². The molecule has 0 saturated heterocycles. The first kappa shape index (κ1) is 8.73. The van der Waals surface area contributed by atoms with Gasteiger partial charge in [-0.1, -0.05) is 0 Å². The molecule has 0 atom stereocenters. The molecule has 0 fully saturated rings. The second-order valence-corrected chi connectivity index (χ2v) is 2.47. The van der Waals surface area contributed by atoms with Crippen LogP contribution < -0.4 is 0 Å². The van der Waals surface area contributed by atoms with Gasteiger partial charge in [0.25, 0.3) is 5.78 Å². The Hall–Kier alpha value is -1.86. The summed E-state index contributed by atoms with van der Waals surface area (Å²) in [6, 6.07) is 0.488. The Bertz CT molecular complexity index is 477. The lowest BCUT2D eigenvalue weighted by Crippen LogP contribution is -2.09. The average molecular weight is 204 g/mol. The van der Waals surface area contributed by atoms with Gasteiger partial charge in [-0.3, -0.25) is 0 Å². The first-order valence-electron chi connectivity index (χ1n) is 3.45. The van der Waals surface area contributed by atoms with Crippen molar-refractivity contribution in [3.8, 4) is 5.88 Å². The van der Waals surface area contributed by atoms with E-state index in [9.17, 15) is 13.2 Å². The summed E-state index contributed by atoms with van der Waals surface area (Å²) in [5, 5.41) is 12.6. The number of aromatic nitrogens is 4. The molecule has 0 amide bonds. The van der Waals surface area contributed by atoms with Crippen LogP contribution in [0, 0.1) is 0 Å². The second kappa shape index (κ2) is 2.56. The van der Waals surface area contributed by atoms with E-state index in [0.29, 0.717) is 6.07 Å². The summed E-state index contributed by atoms with van der Waals surface area (Å²) in [6.07, 6.45) is -3.60. The van der Waals surface area contributed by atoms with E-state index >= 15 is 0 Å². The van der Waals surface area contributed by atoms with Gasteiger partial charge < -0.3 is 5.11 Å². The van der Waals surface area contributed by atoms with Crippen molar-refractivity contribution in [2.45, 2.75) is 6.18 Å². The van der Waals surface area contributed by atoms with Crippen molar-refractivity contribution in [2.75, 3.05) is 0 Å². The lowest BCUT2D eigenvalue weighted by molar-refractivity contribution is -0.141. The van der Waals surface area contributed by atoms with Crippen LogP contribution in [0.1, 0.15) is 5.69 Å². The minimum Gasteiger partial charge on any atom is -0.493 e. The van der Waals surface area contributed by atoms with Gasteiger partial charge in [0.2, 0.25) is 5.88 Å². The Kier molecular flexibility index (Phi) is 1.60. The number of nitrogens with zero attached hydrogens (tertiary/aromatic N) is 4. The van der Waals surface area contributed by atoms with Crippen molar-refractivity contribution in [1.82, 2.24) is 19.6 Å². The molecule has 5 nitrogen and oxygen atoms in total. The van der Waals surface area contributed by atoms with Crippen LogP contribution >= 0.6 is 0 Å². The number of halogens is 3. The van der Waals surface area contributed by atoms with Gasteiger partial charge in [-0.25, -0.2) is 4.98 Å². The third kappa shape index (κ3) is 1.24. The summed E-state index contributed by atoms with van der Waals surface area (Å²) in [5.74, 6) is -0.947. The molecule has 0 aliphatic carbocycles. The van der Waals surface area contributed by atoms with E-state index in [0.717, 1.165) is 10.8 Å². The lowest BCUT2D eigenvalue weighted by Gasteiger charge is -2.05. The fraction of sp³-hybridized carbons (Fsp3) is 0.167. The third-order valence-electron chi connectivity index (χ3n) is 1.52. The zero-order chi connectivity index (χ0) is 10.3. The van der Waals surface area contributed by atoms with Gasteiger partial charge >= 0.3 is 6.18 Å². The number of fused-ring (bicyclic) bond motifs is 1. The van der Waals surface area contributed by atoms with E-state index in [4.69, 9.17) is 5.11 Å². The quantitative estimate of drug-likeness (QED) is 0.690. The van der Waals surface area contributed by atoms with Crippen molar-refractivity contribution in [3.63, 3.8) is 0 Å². The monoisotopic (exact) mass is 204 g/mol. The Labute approximate surface area is 74.8 Å². The van der Waals surface area contributed by atoms with Crippen LogP contribution in [0.4, 0.5) is 13.2 Å². The van der Waals surface area contributed by atoms with Gasteiger partial charge in [0.15, 0.2) is 5.69 Å². The van der Waals surface area contributed by atoms with Gasteiger partial charge in [0.05, 0.1) is 0 Å². The smallest absolute Gasteiger partial charge is 0.433 e. The van der Waals surface area contributed by atoms with Crippen LogP contribution in [-0.4, -0.2) is 24.7 Å². The number of rotatable bonds is 0. The predicted molar refractivity (Wildman–Crippen MR) is 37.4 cm³/mol. The Morgan fingerprint density at radius 1 is 1.36 bits per heavy atom. The van der Waals surface area contributed by atoms with E-state index in [2.05, 4.69) is 15.1 Å². The van der Waals surface area contributed by atoms with Crippen molar-refractivity contribution < 1.29 is 18.3 Å². The molecule has 0 spiro atoms. The molecular formula is C6H3F3N4O. The van der Waals surface area contributed by atoms with E-state index in [1.54, 1.807) is 0 Å². The van der Waals surface area contributed by atoms with Crippen molar-refractivity contribution in [1.29, 1.82) is 0 Å². The highest BCUT2D eigenvalue weighted by Crippen LogP contribution is 2.29. The van der Waals surface area contributed by atoms with Crippen molar-refractivity contribution in [3.05, 3.63) is 18.1 Å². The molecule has 8 heteroatoms. The lowest BCUT2D eigenvalue weighted by atomic mass is 10.4. The summed E-state index contributed by atoms with van der Waals surface area (Å²) < 4.78 is 37.3. The van der Waals surface area contributed by atoms with Gasteiger partial charge in [-0.15, -0.1) is 0 Å². The number of hydrogen-bond donors (Lipinski definition) is 1. The molecular weight excluding hydrogens is 201 g/mol. The molecule has 0 aromatic carbocycles. The summed E-state index contributed by atoms with van der Waals surface area (Å²) >= 11 is 0. The molecule has 2 heterocycles. The fourth-order valence-electron chi connectivity index (χ4n) is 0.942. The predicted octanol–water partition coefficient (Wildman–Crippen LogP) is 0.849. The molecule has 1 N–H and O–H groups in total. The molecule has 0 unspecified atom stereocenters. The van der Waals surface area contributed by atoms with Crippen LogP contribution in [0.25, 0.3) is 5.78 Å². The summed E-state index contributed by atoms with van der Waals surface area (Å²) in [4.78, 5) is 6.61. The minimum atomic E-state index is -4.61. The summed E-state index contributed by atoms with van der Waals surface area (Å²) in [7, 11) is 0. The number of aromatic hydroxyl groups is 1. The van der Waals surface area contributed by atoms with Crippen molar-refractivity contribution >= 4 is 5.78 Å². The Balaban J connectivity index is 2.70. The van der Waals surface area contributed by atoms with Crippen LogP contribution in [0.2, 0.25) is 0 Å². The first-order chi connectivity index (χ1) is 6.48. The van der Waals surface area contributed by atoms with E-state index < -0.39 is 17.8 Å². The van der Waals surface area contributed by atoms with Gasteiger partial charge in [-0.05, 0) is 0 Å². The summed E-state index contributed by atoms with van der Waals surface area (Å²) in [5.41, 5.74) is -1.20. The normalized spacial score (nSPS) is 12.2. The molecule has 0 bridgehead atoms. The maximum absolute atomic E-state index is 12.2. The molecule has 0 aliphatic rings. The van der Waals surface area contributed by atoms with E-state index in [1.807, 2.05) is 0 Å². The maximum Gasteiger partial charge on any atom is 0.433 e. The Morgan fingerprint density at radius 2 is 2.07 bits per heavy atom. The summed E-state index contributed by atoms with van der Waals surface area (Å²) in [6.45, 7) is 0. The van der Waals surface area contributed by atoms with E-state index in [-0.39, 0.29) is 5.78 Å².